The molecule has 0 saturated heterocycles. The van der Waals surface area contributed by atoms with E-state index >= 15 is 0 Å². The molecule has 0 amide bonds. The second-order valence-corrected chi connectivity index (χ2v) is 4.20. The van der Waals surface area contributed by atoms with Gasteiger partial charge in [0, 0.05) is 11.3 Å². The fraction of sp³-hybridized carbons (Fsp3) is 0.714. The van der Waals surface area contributed by atoms with Crippen LogP contribution in [0.4, 0.5) is 8.78 Å². The first-order valence-electron chi connectivity index (χ1n) is 6.99. The van der Waals surface area contributed by atoms with Crippen molar-refractivity contribution in [1.29, 1.82) is 0 Å². The third kappa shape index (κ3) is 5.27. The van der Waals surface area contributed by atoms with Crippen LogP contribution in [-0.4, -0.2) is 29.7 Å². The fourth-order valence-corrected chi connectivity index (χ4v) is 2.05. The summed E-state index contributed by atoms with van der Waals surface area (Å²) in [7, 11) is 0. The summed E-state index contributed by atoms with van der Waals surface area (Å²) >= 11 is 0. The Morgan fingerprint density at radius 1 is 1.45 bits per heavy atom. The molecule has 0 aromatic carbocycles. The first-order chi connectivity index (χ1) is 9.63. The van der Waals surface area contributed by atoms with Crippen molar-refractivity contribution in [2.45, 2.75) is 47.0 Å². The third-order valence-corrected chi connectivity index (χ3v) is 2.86. The molecule has 1 heterocycles. The maximum absolute atomic E-state index is 11.6. The largest absolute Gasteiger partial charge is 0.461 e. The zero-order chi connectivity index (χ0) is 15.5. The Morgan fingerprint density at radius 2 is 2.05 bits per heavy atom. The molecular weight excluding hydrogens is 266 g/mol. The summed E-state index contributed by atoms with van der Waals surface area (Å²) in [5.74, 6) is 0.373. The van der Waals surface area contributed by atoms with Crippen molar-refractivity contribution in [3.8, 4) is 0 Å². The van der Waals surface area contributed by atoms with Crippen LogP contribution < -0.4 is 0 Å². The molecular formula is C14H24F2N2O2. The number of nitrogens with zero attached hydrogens (tertiary/aromatic N) is 1. The molecule has 1 aromatic heterocycles. The lowest BCUT2D eigenvalue weighted by Crippen LogP contribution is -2.14. The monoisotopic (exact) mass is 290 g/mol. The number of hydrogen-bond donors (Lipinski definition) is 1. The summed E-state index contributed by atoms with van der Waals surface area (Å²) in [5, 5.41) is 7.00. The van der Waals surface area contributed by atoms with Crippen LogP contribution in [0.2, 0.25) is 0 Å². The molecule has 20 heavy (non-hydrogen) atoms. The second kappa shape index (κ2) is 10.3. The number of halogens is 2. The van der Waals surface area contributed by atoms with E-state index in [0.717, 1.165) is 30.5 Å². The number of aromatic nitrogens is 2. The number of nitrogens with one attached hydrogen (secondary N) is 1. The maximum atomic E-state index is 11.6. The Balaban J connectivity index is 0.000000641. The highest BCUT2D eigenvalue weighted by Crippen LogP contribution is 2.26. The highest BCUT2D eigenvalue weighted by molar-refractivity contribution is 5.89. The molecule has 2 rings (SSSR count). The average Bonchev–Trinajstić information content (AvgIpc) is 2.85. The van der Waals surface area contributed by atoms with E-state index in [1.165, 1.54) is 0 Å². The summed E-state index contributed by atoms with van der Waals surface area (Å²) in [5.41, 5.74) is 2.65. The van der Waals surface area contributed by atoms with E-state index in [2.05, 4.69) is 17.1 Å². The first-order valence-corrected chi connectivity index (χ1v) is 6.99. The minimum atomic E-state index is -1.75. The SMILES string of the molecule is CC.CCOC(=O)c1n[nH]c2c1CCC(C)C2.FCF. The van der Waals surface area contributed by atoms with E-state index in [1.54, 1.807) is 6.92 Å². The molecule has 0 bridgehead atoms. The number of hydrogen-bond acceptors (Lipinski definition) is 3. The van der Waals surface area contributed by atoms with Crippen molar-refractivity contribution in [3.63, 3.8) is 0 Å². The van der Waals surface area contributed by atoms with Gasteiger partial charge in [-0.05, 0) is 32.1 Å². The van der Waals surface area contributed by atoms with Gasteiger partial charge >= 0.3 is 5.97 Å². The van der Waals surface area contributed by atoms with Gasteiger partial charge < -0.3 is 4.74 Å². The van der Waals surface area contributed by atoms with Crippen LogP contribution in [0.15, 0.2) is 0 Å². The quantitative estimate of drug-likeness (QED) is 0.846. The lowest BCUT2D eigenvalue weighted by Gasteiger charge is -2.17. The lowest BCUT2D eigenvalue weighted by atomic mass is 9.88. The van der Waals surface area contributed by atoms with Gasteiger partial charge in [-0.2, -0.15) is 5.10 Å². The van der Waals surface area contributed by atoms with Crippen LogP contribution in [-0.2, 0) is 17.6 Å². The number of fused-ring (bicyclic) bond motifs is 1. The Hall–Kier alpha value is -1.46. The highest BCUT2D eigenvalue weighted by Gasteiger charge is 2.24. The molecule has 116 valence electrons. The summed E-state index contributed by atoms with van der Waals surface area (Å²) < 4.78 is 24.2. The van der Waals surface area contributed by atoms with Crippen LogP contribution in [0.1, 0.15) is 55.9 Å². The maximum Gasteiger partial charge on any atom is 0.359 e. The average molecular weight is 290 g/mol. The molecule has 4 nitrogen and oxygen atoms in total. The number of carbonyl (C=O) groups is 1. The van der Waals surface area contributed by atoms with Crippen molar-refractivity contribution in [3.05, 3.63) is 17.0 Å². The first kappa shape index (κ1) is 18.5. The Bertz CT molecular complexity index is 395. The molecule has 1 unspecified atom stereocenters. The van der Waals surface area contributed by atoms with Crippen molar-refractivity contribution < 1.29 is 18.3 Å². The zero-order valence-electron chi connectivity index (χ0n) is 12.6. The minimum Gasteiger partial charge on any atom is -0.461 e. The molecule has 0 saturated carbocycles. The number of rotatable bonds is 2. The molecule has 1 aromatic rings. The van der Waals surface area contributed by atoms with Gasteiger partial charge in [0.05, 0.1) is 6.61 Å². The van der Waals surface area contributed by atoms with Gasteiger partial charge in [0.2, 0.25) is 6.93 Å². The van der Waals surface area contributed by atoms with Crippen molar-refractivity contribution in [2.24, 2.45) is 5.92 Å². The van der Waals surface area contributed by atoms with Crippen LogP contribution in [0, 0.1) is 5.92 Å². The number of esters is 1. The molecule has 1 aliphatic rings. The van der Waals surface area contributed by atoms with Crippen LogP contribution in [0.3, 0.4) is 0 Å². The molecule has 1 N–H and O–H groups in total. The summed E-state index contributed by atoms with van der Waals surface area (Å²) in [6.07, 6.45) is 3.04. The van der Waals surface area contributed by atoms with E-state index in [4.69, 9.17) is 4.74 Å². The Labute approximate surface area is 118 Å². The van der Waals surface area contributed by atoms with Gasteiger partial charge in [0.15, 0.2) is 5.69 Å². The molecule has 0 aliphatic heterocycles. The number of aromatic amines is 1. The van der Waals surface area contributed by atoms with Gasteiger partial charge in [-0.25, -0.2) is 13.6 Å². The molecule has 1 atom stereocenters. The lowest BCUT2D eigenvalue weighted by molar-refractivity contribution is 0.0518. The third-order valence-electron chi connectivity index (χ3n) is 2.86. The van der Waals surface area contributed by atoms with Crippen LogP contribution >= 0.6 is 0 Å². The molecule has 1 aliphatic carbocycles. The van der Waals surface area contributed by atoms with E-state index in [-0.39, 0.29) is 5.97 Å². The smallest absolute Gasteiger partial charge is 0.359 e. The number of ether oxygens (including phenoxy) is 1. The van der Waals surface area contributed by atoms with Crippen LogP contribution in [0.25, 0.3) is 0 Å². The van der Waals surface area contributed by atoms with E-state index < -0.39 is 6.93 Å². The summed E-state index contributed by atoms with van der Waals surface area (Å²) in [6, 6.07) is 0. The van der Waals surface area contributed by atoms with Gasteiger partial charge in [0.25, 0.3) is 0 Å². The topological polar surface area (TPSA) is 55.0 Å². The van der Waals surface area contributed by atoms with E-state index in [0.29, 0.717) is 18.2 Å². The standard InChI is InChI=1S/C11H16N2O2.C2H6.CH2F2/c1-3-15-11(14)10-8-5-4-7(2)6-9(8)12-13-10;1-2;2-1-3/h7H,3-6H2,1-2H3,(H,12,13);1-2H3;1H2. The van der Waals surface area contributed by atoms with Crippen molar-refractivity contribution in [2.75, 3.05) is 13.5 Å². The predicted molar refractivity (Wildman–Crippen MR) is 74.2 cm³/mol. The highest BCUT2D eigenvalue weighted by atomic mass is 19.3. The van der Waals surface area contributed by atoms with E-state index in [9.17, 15) is 13.6 Å². The van der Waals surface area contributed by atoms with Gasteiger partial charge in [-0.1, -0.05) is 20.8 Å². The van der Waals surface area contributed by atoms with Crippen LogP contribution in [0.5, 0.6) is 0 Å². The van der Waals surface area contributed by atoms with Crippen molar-refractivity contribution in [1.82, 2.24) is 10.2 Å². The molecule has 0 fully saturated rings. The summed E-state index contributed by atoms with van der Waals surface area (Å²) in [6.45, 7) is 6.67. The number of alkyl halides is 2. The van der Waals surface area contributed by atoms with Gasteiger partial charge in [-0.15, -0.1) is 0 Å². The Morgan fingerprint density at radius 3 is 2.60 bits per heavy atom. The fourth-order valence-electron chi connectivity index (χ4n) is 2.05. The van der Waals surface area contributed by atoms with Gasteiger partial charge in [0.1, 0.15) is 0 Å². The summed E-state index contributed by atoms with van der Waals surface area (Å²) in [4.78, 5) is 11.6. The minimum absolute atomic E-state index is 0.301. The predicted octanol–water partition coefficient (Wildman–Crippen LogP) is 3.62. The number of H-pyrrole nitrogens is 1. The number of carbonyl (C=O) groups excluding carboxylic acids is 1. The second-order valence-electron chi connectivity index (χ2n) is 4.20. The molecule has 0 radical (unpaired) electrons. The van der Waals surface area contributed by atoms with Gasteiger partial charge in [-0.3, -0.25) is 5.10 Å². The van der Waals surface area contributed by atoms with E-state index in [1.807, 2.05) is 13.8 Å². The Kier molecular flexibility index (Phi) is 9.59. The van der Waals surface area contributed by atoms with Crippen molar-refractivity contribution >= 4 is 5.97 Å². The molecule has 6 heteroatoms. The normalized spacial score (nSPS) is 16.0. The zero-order valence-corrected chi connectivity index (χ0v) is 12.6. The molecule has 0 spiro atoms.